The maximum atomic E-state index is 12.2. The molecule has 24 heavy (non-hydrogen) atoms. The highest BCUT2D eigenvalue weighted by Crippen LogP contribution is 2.24. The highest BCUT2D eigenvalue weighted by atomic mass is 16.5. The summed E-state index contributed by atoms with van der Waals surface area (Å²) in [4.78, 5) is 45.9. The minimum Gasteiger partial charge on any atom is -0.481 e. The molecule has 0 aliphatic carbocycles. The molecule has 130 valence electrons. The molecule has 1 aromatic rings. The van der Waals surface area contributed by atoms with Gasteiger partial charge in [0.2, 0.25) is 0 Å². The minimum atomic E-state index is -1.45. The monoisotopic (exact) mass is 338 g/mol. The average Bonchev–Trinajstić information content (AvgIpc) is 2.55. The van der Waals surface area contributed by atoms with Crippen LogP contribution in [0.2, 0.25) is 0 Å². The van der Waals surface area contributed by atoms with Gasteiger partial charge in [0.05, 0.1) is 31.8 Å². The van der Waals surface area contributed by atoms with Gasteiger partial charge in [0, 0.05) is 0 Å². The molecule has 0 radical (unpaired) electrons. The Labute approximate surface area is 138 Å². The van der Waals surface area contributed by atoms with E-state index in [1.165, 1.54) is 0 Å². The van der Waals surface area contributed by atoms with Crippen molar-refractivity contribution in [3.8, 4) is 0 Å². The van der Waals surface area contributed by atoms with Crippen LogP contribution in [-0.2, 0) is 35.3 Å². The van der Waals surface area contributed by atoms with E-state index < -0.39 is 48.6 Å². The maximum absolute atomic E-state index is 12.2. The first-order valence-corrected chi connectivity index (χ1v) is 7.07. The number of carboxylic acid groups (broad SMARTS) is 2. The molecule has 0 saturated heterocycles. The van der Waals surface area contributed by atoms with Crippen LogP contribution < -0.4 is 0 Å². The van der Waals surface area contributed by atoms with Crippen LogP contribution in [0.15, 0.2) is 30.3 Å². The van der Waals surface area contributed by atoms with Crippen LogP contribution in [0.1, 0.15) is 18.4 Å². The SMILES string of the molecule is COC(=O)C(CC(=O)O)C(CC(=O)O)C(=O)OCc1ccccc1. The topological polar surface area (TPSA) is 127 Å². The Kier molecular flexibility index (Phi) is 7.41. The van der Waals surface area contributed by atoms with Crippen molar-refractivity contribution in [2.45, 2.75) is 19.4 Å². The second-order valence-electron chi connectivity index (χ2n) is 5.03. The molecule has 0 aromatic heterocycles. The van der Waals surface area contributed by atoms with Crippen molar-refractivity contribution in [1.82, 2.24) is 0 Å². The van der Waals surface area contributed by atoms with E-state index in [4.69, 9.17) is 14.9 Å². The molecular weight excluding hydrogens is 320 g/mol. The quantitative estimate of drug-likeness (QED) is 0.640. The van der Waals surface area contributed by atoms with Gasteiger partial charge >= 0.3 is 23.9 Å². The van der Waals surface area contributed by atoms with E-state index in [0.717, 1.165) is 7.11 Å². The van der Waals surface area contributed by atoms with Crippen LogP contribution in [0.25, 0.3) is 0 Å². The molecule has 0 spiro atoms. The number of ether oxygens (including phenoxy) is 2. The first-order valence-electron chi connectivity index (χ1n) is 7.07. The standard InChI is InChI=1S/C16H18O8/c1-23-15(21)11(7-13(17)18)12(8-14(19)20)16(22)24-9-10-5-3-2-4-6-10/h2-6,11-12H,7-9H2,1H3,(H,17,18)(H,19,20). The van der Waals surface area contributed by atoms with Crippen LogP contribution in [0, 0.1) is 11.8 Å². The molecule has 0 saturated carbocycles. The van der Waals surface area contributed by atoms with E-state index in [2.05, 4.69) is 4.74 Å². The van der Waals surface area contributed by atoms with Crippen LogP contribution in [0.5, 0.6) is 0 Å². The first-order chi connectivity index (χ1) is 11.3. The molecule has 0 bridgehead atoms. The number of carboxylic acids is 2. The Morgan fingerprint density at radius 1 is 0.917 bits per heavy atom. The van der Waals surface area contributed by atoms with Gasteiger partial charge in [0.15, 0.2) is 0 Å². The van der Waals surface area contributed by atoms with Crippen molar-refractivity contribution in [2.75, 3.05) is 7.11 Å². The van der Waals surface area contributed by atoms with E-state index in [9.17, 15) is 19.2 Å². The molecule has 8 nitrogen and oxygen atoms in total. The minimum absolute atomic E-state index is 0.114. The van der Waals surface area contributed by atoms with Crippen molar-refractivity contribution in [2.24, 2.45) is 11.8 Å². The van der Waals surface area contributed by atoms with E-state index in [-0.39, 0.29) is 6.61 Å². The van der Waals surface area contributed by atoms with E-state index in [1.807, 2.05) is 0 Å². The maximum Gasteiger partial charge on any atom is 0.310 e. The summed E-state index contributed by atoms with van der Waals surface area (Å²) in [7, 11) is 1.03. The summed E-state index contributed by atoms with van der Waals surface area (Å²) in [5.74, 6) is -7.52. The highest BCUT2D eigenvalue weighted by molar-refractivity contribution is 5.87. The molecule has 0 aliphatic rings. The molecule has 0 heterocycles. The lowest BCUT2D eigenvalue weighted by atomic mass is 9.87. The lowest BCUT2D eigenvalue weighted by molar-refractivity contribution is -0.165. The Morgan fingerprint density at radius 3 is 1.88 bits per heavy atom. The fourth-order valence-electron chi connectivity index (χ4n) is 2.14. The van der Waals surface area contributed by atoms with Gasteiger partial charge in [-0.05, 0) is 5.56 Å². The van der Waals surface area contributed by atoms with Crippen molar-refractivity contribution >= 4 is 23.9 Å². The van der Waals surface area contributed by atoms with Gasteiger partial charge in [-0.25, -0.2) is 0 Å². The van der Waals surface area contributed by atoms with Crippen molar-refractivity contribution < 1.29 is 38.9 Å². The predicted molar refractivity (Wildman–Crippen MR) is 79.7 cm³/mol. The number of aliphatic carboxylic acids is 2. The van der Waals surface area contributed by atoms with Crippen LogP contribution >= 0.6 is 0 Å². The van der Waals surface area contributed by atoms with E-state index in [1.54, 1.807) is 30.3 Å². The molecule has 1 rings (SSSR count). The van der Waals surface area contributed by atoms with Crippen LogP contribution in [-0.4, -0.2) is 41.2 Å². The van der Waals surface area contributed by atoms with Gasteiger partial charge in [-0.2, -0.15) is 0 Å². The highest BCUT2D eigenvalue weighted by Gasteiger charge is 2.38. The molecule has 2 atom stereocenters. The van der Waals surface area contributed by atoms with Crippen molar-refractivity contribution in [3.05, 3.63) is 35.9 Å². The number of carbonyl (C=O) groups is 4. The summed E-state index contributed by atoms with van der Waals surface area (Å²) in [6, 6.07) is 8.65. The molecule has 1 aromatic carbocycles. The third kappa shape index (κ3) is 6.07. The second kappa shape index (κ2) is 9.29. The van der Waals surface area contributed by atoms with Gasteiger partial charge < -0.3 is 19.7 Å². The third-order valence-corrected chi connectivity index (χ3v) is 3.31. The number of hydrogen-bond donors (Lipinski definition) is 2. The molecule has 0 aliphatic heterocycles. The number of benzene rings is 1. The smallest absolute Gasteiger partial charge is 0.310 e. The normalized spacial score (nSPS) is 12.7. The van der Waals surface area contributed by atoms with Crippen LogP contribution in [0.3, 0.4) is 0 Å². The number of esters is 2. The zero-order valence-electron chi connectivity index (χ0n) is 13.0. The average molecular weight is 338 g/mol. The van der Waals surface area contributed by atoms with E-state index in [0.29, 0.717) is 5.56 Å². The Hall–Kier alpha value is -2.90. The summed E-state index contributed by atoms with van der Waals surface area (Å²) >= 11 is 0. The summed E-state index contributed by atoms with van der Waals surface area (Å²) in [5.41, 5.74) is 0.674. The number of methoxy groups -OCH3 is 1. The summed E-state index contributed by atoms with van der Waals surface area (Å²) in [6.45, 7) is -0.114. The lowest BCUT2D eigenvalue weighted by Crippen LogP contribution is -2.35. The fourth-order valence-corrected chi connectivity index (χ4v) is 2.14. The van der Waals surface area contributed by atoms with Crippen LogP contribution in [0.4, 0.5) is 0 Å². The summed E-state index contributed by atoms with van der Waals surface area (Å²) in [6.07, 6.45) is -1.47. The molecule has 0 fully saturated rings. The zero-order valence-corrected chi connectivity index (χ0v) is 13.0. The van der Waals surface area contributed by atoms with Gasteiger partial charge in [-0.3, -0.25) is 19.2 Å². The third-order valence-electron chi connectivity index (χ3n) is 3.31. The van der Waals surface area contributed by atoms with Crippen molar-refractivity contribution in [3.63, 3.8) is 0 Å². The molecule has 2 unspecified atom stereocenters. The van der Waals surface area contributed by atoms with Gasteiger partial charge in [0.1, 0.15) is 6.61 Å². The van der Waals surface area contributed by atoms with Crippen molar-refractivity contribution in [1.29, 1.82) is 0 Å². The summed E-state index contributed by atoms with van der Waals surface area (Å²) < 4.78 is 9.53. The number of carbonyl (C=O) groups excluding carboxylic acids is 2. The second-order valence-corrected chi connectivity index (χ2v) is 5.03. The number of hydrogen-bond acceptors (Lipinski definition) is 6. The Morgan fingerprint density at radius 2 is 1.42 bits per heavy atom. The van der Waals surface area contributed by atoms with E-state index >= 15 is 0 Å². The Bertz CT molecular complexity index is 595. The van der Waals surface area contributed by atoms with Gasteiger partial charge in [-0.1, -0.05) is 30.3 Å². The molecular formula is C16H18O8. The first kappa shape index (κ1) is 19.1. The fraction of sp³-hybridized carbons (Fsp3) is 0.375. The van der Waals surface area contributed by atoms with Gasteiger partial charge in [-0.15, -0.1) is 0 Å². The molecule has 2 N–H and O–H groups in total. The largest absolute Gasteiger partial charge is 0.481 e. The van der Waals surface area contributed by atoms with Gasteiger partial charge in [0.25, 0.3) is 0 Å². The zero-order chi connectivity index (χ0) is 18.1. The lowest BCUT2D eigenvalue weighted by Gasteiger charge is -2.21. The molecule has 8 heteroatoms. The Balaban J connectivity index is 2.91. The summed E-state index contributed by atoms with van der Waals surface area (Å²) in [5, 5.41) is 17.8. The predicted octanol–water partition coefficient (Wildman–Crippen LogP) is 1.08. The number of rotatable bonds is 9. The molecule has 0 amide bonds.